The van der Waals surface area contributed by atoms with Crippen LogP contribution in [-0.4, -0.2) is 21.6 Å². The summed E-state index contributed by atoms with van der Waals surface area (Å²) in [5, 5.41) is 3.73. The fourth-order valence-electron chi connectivity index (χ4n) is 2.38. The molecular formula is C18H19N3OS. The molecular weight excluding hydrogens is 306 g/mol. The predicted octanol–water partition coefficient (Wildman–Crippen LogP) is 4.22. The van der Waals surface area contributed by atoms with E-state index < -0.39 is 0 Å². The molecule has 118 valence electrons. The Balaban J connectivity index is 1.65. The predicted molar refractivity (Wildman–Crippen MR) is 96.1 cm³/mol. The van der Waals surface area contributed by atoms with Gasteiger partial charge in [-0.2, -0.15) is 0 Å². The third-order valence-electron chi connectivity index (χ3n) is 3.83. The molecule has 0 spiro atoms. The van der Waals surface area contributed by atoms with Gasteiger partial charge in [0, 0.05) is 5.69 Å². The molecule has 0 saturated heterocycles. The van der Waals surface area contributed by atoms with E-state index in [2.05, 4.69) is 21.4 Å². The SMILES string of the molecule is Cc1ccc2nc(SCC(=O)Nc3cccc(C)c3C)[nH]c2c1. The van der Waals surface area contributed by atoms with Crippen molar-refractivity contribution in [2.45, 2.75) is 25.9 Å². The summed E-state index contributed by atoms with van der Waals surface area (Å²) < 4.78 is 0. The van der Waals surface area contributed by atoms with E-state index >= 15 is 0 Å². The monoisotopic (exact) mass is 325 g/mol. The third-order valence-corrected chi connectivity index (χ3v) is 4.71. The number of nitrogens with one attached hydrogen (secondary N) is 2. The number of carbonyl (C=O) groups is 1. The van der Waals surface area contributed by atoms with Gasteiger partial charge in [0.05, 0.1) is 16.8 Å². The number of thioether (sulfide) groups is 1. The summed E-state index contributed by atoms with van der Waals surface area (Å²) in [5.41, 5.74) is 6.25. The summed E-state index contributed by atoms with van der Waals surface area (Å²) in [7, 11) is 0. The van der Waals surface area contributed by atoms with Crippen LogP contribution in [0.25, 0.3) is 11.0 Å². The first-order chi connectivity index (χ1) is 11.0. The normalized spacial score (nSPS) is 10.9. The minimum absolute atomic E-state index is 0.0275. The molecule has 0 saturated carbocycles. The summed E-state index contributed by atoms with van der Waals surface area (Å²) in [5.74, 6) is 0.298. The zero-order valence-corrected chi connectivity index (χ0v) is 14.3. The van der Waals surface area contributed by atoms with Gasteiger partial charge in [0.25, 0.3) is 0 Å². The van der Waals surface area contributed by atoms with E-state index in [1.807, 2.05) is 51.1 Å². The van der Waals surface area contributed by atoms with Gasteiger partial charge in [-0.05, 0) is 55.7 Å². The maximum Gasteiger partial charge on any atom is 0.234 e. The largest absolute Gasteiger partial charge is 0.333 e. The van der Waals surface area contributed by atoms with Gasteiger partial charge in [-0.3, -0.25) is 4.79 Å². The van der Waals surface area contributed by atoms with Crippen molar-refractivity contribution in [3.05, 3.63) is 53.1 Å². The number of aromatic nitrogens is 2. The van der Waals surface area contributed by atoms with E-state index in [1.54, 1.807) is 0 Å². The minimum atomic E-state index is -0.0275. The Morgan fingerprint density at radius 2 is 2.04 bits per heavy atom. The first-order valence-corrected chi connectivity index (χ1v) is 8.47. The van der Waals surface area contributed by atoms with E-state index in [-0.39, 0.29) is 5.91 Å². The molecule has 0 radical (unpaired) electrons. The van der Waals surface area contributed by atoms with E-state index in [4.69, 9.17) is 0 Å². The number of nitrogens with zero attached hydrogens (tertiary/aromatic N) is 1. The van der Waals surface area contributed by atoms with Crippen LogP contribution in [-0.2, 0) is 4.79 Å². The second kappa shape index (κ2) is 6.46. The Morgan fingerprint density at radius 1 is 1.22 bits per heavy atom. The summed E-state index contributed by atoms with van der Waals surface area (Å²) in [6.45, 7) is 6.10. The van der Waals surface area contributed by atoms with Crippen molar-refractivity contribution in [2.24, 2.45) is 0 Å². The lowest BCUT2D eigenvalue weighted by Crippen LogP contribution is -2.15. The molecule has 0 atom stereocenters. The molecule has 0 bridgehead atoms. The number of amides is 1. The first-order valence-electron chi connectivity index (χ1n) is 7.48. The topological polar surface area (TPSA) is 57.8 Å². The number of hydrogen-bond donors (Lipinski definition) is 2. The van der Waals surface area contributed by atoms with E-state index in [1.165, 1.54) is 22.9 Å². The summed E-state index contributed by atoms with van der Waals surface area (Å²) in [6.07, 6.45) is 0. The summed E-state index contributed by atoms with van der Waals surface area (Å²) in [6, 6.07) is 12.0. The minimum Gasteiger partial charge on any atom is -0.333 e. The van der Waals surface area contributed by atoms with Crippen LogP contribution in [0.4, 0.5) is 5.69 Å². The van der Waals surface area contributed by atoms with Crippen LogP contribution >= 0.6 is 11.8 Å². The lowest BCUT2D eigenvalue weighted by atomic mass is 10.1. The van der Waals surface area contributed by atoms with Crippen molar-refractivity contribution < 1.29 is 4.79 Å². The Bertz CT molecular complexity index is 870. The summed E-state index contributed by atoms with van der Waals surface area (Å²) >= 11 is 1.41. The highest BCUT2D eigenvalue weighted by molar-refractivity contribution is 7.99. The van der Waals surface area contributed by atoms with E-state index in [0.29, 0.717) is 5.75 Å². The maximum atomic E-state index is 12.1. The van der Waals surface area contributed by atoms with Gasteiger partial charge in [-0.1, -0.05) is 30.0 Å². The highest BCUT2D eigenvalue weighted by Gasteiger charge is 2.09. The molecule has 0 aliphatic carbocycles. The Hall–Kier alpha value is -2.27. The number of carbonyl (C=O) groups excluding carboxylic acids is 1. The smallest absolute Gasteiger partial charge is 0.234 e. The quantitative estimate of drug-likeness (QED) is 0.706. The lowest BCUT2D eigenvalue weighted by Gasteiger charge is -2.09. The van der Waals surface area contributed by atoms with E-state index in [9.17, 15) is 4.79 Å². The van der Waals surface area contributed by atoms with Gasteiger partial charge >= 0.3 is 0 Å². The molecule has 3 rings (SSSR count). The number of aromatic amines is 1. The fraction of sp³-hybridized carbons (Fsp3) is 0.222. The highest BCUT2D eigenvalue weighted by Crippen LogP contribution is 2.22. The van der Waals surface area contributed by atoms with Crippen molar-refractivity contribution in [1.29, 1.82) is 0 Å². The molecule has 0 unspecified atom stereocenters. The zero-order valence-electron chi connectivity index (χ0n) is 13.4. The average molecular weight is 325 g/mol. The van der Waals surface area contributed by atoms with Crippen LogP contribution < -0.4 is 5.32 Å². The fourth-order valence-corrected chi connectivity index (χ4v) is 3.06. The van der Waals surface area contributed by atoms with Gasteiger partial charge in [0.2, 0.25) is 5.91 Å². The van der Waals surface area contributed by atoms with Crippen molar-refractivity contribution in [3.63, 3.8) is 0 Å². The average Bonchev–Trinajstić information content (AvgIpc) is 2.92. The Kier molecular flexibility index (Phi) is 4.39. The maximum absolute atomic E-state index is 12.1. The number of aryl methyl sites for hydroxylation is 2. The van der Waals surface area contributed by atoms with Gasteiger partial charge in [-0.25, -0.2) is 4.98 Å². The van der Waals surface area contributed by atoms with Crippen molar-refractivity contribution in [1.82, 2.24) is 9.97 Å². The van der Waals surface area contributed by atoms with Crippen molar-refractivity contribution in [3.8, 4) is 0 Å². The summed E-state index contributed by atoms with van der Waals surface area (Å²) in [4.78, 5) is 19.9. The highest BCUT2D eigenvalue weighted by atomic mass is 32.2. The van der Waals surface area contributed by atoms with Gasteiger partial charge in [0.1, 0.15) is 0 Å². The number of H-pyrrole nitrogens is 1. The van der Waals surface area contributed by atoms with Crippen LogP contribution in [0.1, 0.15) is 16.7 Å². The Labute approximate surface area is 139 Å². The molecule has 5 heteroatoms. The van der Waals surface area contributed by atoms with Crippen LogP contribution in [0.15, 0.2) is 41.6 Å². The first kappa shape index (κ1) is 15.6. The van der Waals surface area contributed by atoms with Gasteiger partial charge in [0.15, 0.2) is 5.16 Å². The van der Waals surface area contributed by atoms with Crippen LogP contribution in [0, 0.1) is 20.8 Å². The van der Waals surface area contributed by atoms with Gasteiger partial charge in [-0.15, -0.1) is 0 Å². The molecule has 0 aliphatic heterocycles. The van der Waals surface area contributed by atoms with Gasteiger partial charge < -0.3 is 10.3 Å². The van der Waals surface area contributed by atoms with Crippen LogP contribution in [0.3, 0.4) is 0 Å². The van der Waals surface area contributed by atoms with E-state index in [0.717, 1.165) is 27.4 Å². The molecule has 2 aromatic carbocycles. The molecule has 4 nitrogen and oxygen atoms in total. The number of fused-ring (bicyclic) bond motifs is 1. The molecule has 2 N–H and O–H groups in total. The second-order valence-corrected chi connectivity index (χ2v) is 6.61. The van der Waals surface area contributed by atoms with Crippen LogP contribution in [0.5, 0.6) is 0 Å². The molecule has 1 aromatic heterocycles. The number of anilines is 1. The number of rotatable bonds is 4. The number of benzene rings is 2. The lowest BCUT2D eigenvalue weighted by molar-refractivity contribution is -0.113. The third kappa shape index (κ3) is 3.56. The van der Waals surface area contributed by atoms with Crippen molar-refractivity contribution in [2.75, 3.05) is 11.1 Å². The standard InChI is InChI=1S/C18H19N3OS/c1-11-7-8-15-16(9-11)21-18(20-15)23-10-17(22)19-14-6-4-5-12(2)13(14)3/h4-9H,10H2,1-3H3,(H,19,22)(H,20,21). The second-order valence-electron chi connectivity index (χ2n) is 5.65. The molecule has 0 aliphatic rings. The molecule has 1 heterocycles. The molecule has 23 heavy (non-hydrogen) atoms. The zero-order chi connectivity index (χ0) is 16.4. The number of hydrogen-bond acceptors (Lipinski definition) is 3. The van der Waals surface area contributed by atoms with Crippen molar-refractivity contribution >= 4 is 34.4 Å². The molecule has 1 amide bonds. The molecule has 3 aromatic rings. The Morgan fingerprint density at radius 3 is 2.87 bits per heavy atom. The molecule has 0 fully saturated rings. The van der Waals surface area contributed by atoms with Crippen LogP contribution in [0.2, 0.25) is 0 Å². The number of imidazole rings is 1.